The molecule has 1 aliphatic carbocycles. The molecule has 0 fully saturated rings. The van der Waals surface area contributed by atoms with E-state index in [1.54, 1.807) is 0 Å². The third-order valence-electron chi connectivity index (χ3n) is 5.21. The van der Waals surface area contributed by atoms with Gasteiger partial charge in [0.25, 0.3) is 0 Å². The summed E-state index contributed by atoms with van der Waals surface area (Å²) in [6, 6.07) is 10.4. The molecule has 25 heavy (non-hydrogen) atoms. The van der Waals surface area contributed by atoms with E-state index in [1.807, 2.05) is 6.07 Å². The summed E-state index contributed by atoms with van der Waals surface area (Å²) in [6.07, 6.45) is 3.18. The van der Waals surface area contributed by atoms with E-state index in [-0.39, 0.29) is 5.76 Å². The number of aromatic nitrogens is 1. The molecule has 1 N–H and O–H groups in total. The number of aryl methyl sites for hydroxylation is 1. The molecular formula is C22H28N2O. The van der Waals surface area contributed by atoms with Gasteiger partial charge >= 0.3 is 0 Å². The lowest BCUT2D eigenvalue weighted by atomic mass is 9.81. The zero-order valence-corrected chi connectivity index (χ0v) is 15.5. The van der Waals surface area contributed by atoms with Crippen LogP contribution in [0.25, 0.3) is 16.9 Å². The van der Waals surface area contributed by atoms with Crippen LogP contribution >= 0.6 is 0 Å². The molecule has 1 unspecified atom stereocenters. The maximum absolute atomic E-state index is 10.5. The molecule has 1 aromatic heterocycles. The fourth-order valence-corrected chi connectivity index (χ4v) is 3.87. The molecule has 3 nitrogen and oxygen atoms in total. The Hall–Kier alpha value is -2.29. The summed E-state index contributed by atoms with van der Waals surface area (Å²) in [5, 5.41) is 10.5. The van der Waals surface area contributed by atoms with E-state index in [4.69, 9.17) is 4.98 Å². The molecule has 1 atom stereocenters. The first-order chi connectivity index (χ1) is 12.1. The standard InChI is InChI=1S/C22H28N2O/c1-5-24(6-2)22-20(16(4)25)21(17-10-8-7-9-11-17)18-14-15(3)12-13-19(18)23-22/h7-11,15,25H,4-6,12-14H2,1-3H3. The van der Waals surface area contributed by atoms with Crippen LogP contribution in [0.4, 0.5) is 5.82 Å². The summed E-state index contributed by atoms with van der Waals surface area (Å²) < 4.78 is 0. The minimum absolute atomic E-state index is 0.106. The summed E-state index contributed by atoms with van der Waals surface area (Å²) >= 11 is 0. The fourth-order valence-electron chi connectivity index (χ4n) is 3.87. The van der Waals surface area contributed by atoms with Crippen LogP contribution in [0, 0.1) is 5.92 Å². The maximum atomic E-state index is 10.5. The van der Waals surface area contributed by atoms with E-state index in [0.717, 1.165) is 48.4 Å². The average molecular weight is 336 g/mol. The van der Waals surface area contributed by atoms with E-state index in [1.165, 1.54) is 17.7 Å². The Kier molecular flexibility index (Phi) is 5.12. The number of aliphatic hydroxyl groups is 1. The topological polar surface area (TPSA) is 36.4 Å². The minimum Gasteiger partial charge on any atom is -0.508 e. The average Bonchev–Trinajstić information content (AvgIpc) is 2.62. The lowest BCUT2D eigenvalue weighted by molar-refractivity contribution is 0.491. The number of nitrogens with zero attached hydrogens (tertiary/aromatic N) is 2. The quantitative estimate of drug-likeness (QED) is 0.758. The van der Waals surface area contributed by atoms with Crippen molar-refractivity contribution in [3.05, 3.63) is 53.7 Å². The number of hydrogen-bond donors (Lipinski definition) is 1. The van der Waals surface area contributed by atoms with Gasteiger partial charge < -0.3 is 10.0 Å². The number of benzene rings is 1. The van der Waals surface area contributed by atoms with Gasteiger partial charge in [-0.2, -0.15) is 0 Å². The Morgan fingerprint density at radius 1 is 1.24 bits per heavy atom. The molecule has 0 aliphatic heterocycles. The Labute approximate surface area is 151 Å². The predicted octanol–water partition coefficient (Wildman–Crippen LogP) is 5.25. The van der Waals surface area contributed by atoms with E-state index < -0.39 is 0 Å². The Balaban J connectivity index is 2.35. The van der Waals surface area contributed by atoms with Crippen molar-refractivity contribution in [1.82, 2.24) is 4.98 Å². The predicted molar refractivity (Wildman–Crippen MR) is 106 cm³/mol. The number of rotatable bonds is 5. The first-order valence-electron chi connectivity index (χ1n) is 9.31. The third kappa shape index (κ3) is 3.28. The van der Waals surface area contributed by atoms with Gasteiger partial charge in [-0.05, 0) is 50.2 Å². The molecule has 3 rings (SSSR count). The normalized spacial score (nSPS) is 16.4. The SMILES string of the molecule is C=C(O)c1c(N(CC)CC)nc2c(c1-c1ccccc1)CC(C)CC2. The number of fused-ring (bicyclic) bond motifs is 1. The van der Waals surface area contributed by atoms with Gasteiger partial charge in [0, 0.05) is 24.3 Å². The monoisotopic (exact) mass is 336 g/mol. The highest BCUT2D eigenvalue weighted by molar-refractivity contribution is 5.87. The highest BCUT2D eigenvalue weighted by atomic mass is 16.3. The van der Waals surface area contributed by atoms with Gasteiger partial charge in [-0.3, -0.25) is 0 Å². The molecule has 0 radical (unpaired) electrons. The number of anilines is 1. The summed E-state index contributed by atoms with van der Waals surface area (Å²) in [7, 11) is 0. The highest BCUT2D eigenvalue weighted by Crippen LogP contribution is 2.41. The van der Waals surface area contributed by atoms with Crippen LogP contribution in [0.5, 0.6) is 0 Å². The van der Waals surface area contributed by atoms with Crippen molar-refractivity contribution in [1.29, 1.82) is 0 Å². The van der Waals surface area contributed by atoms with Crippen molar-refractivity contribution < 1.29 is 5.11 Å². The third-order valence-corrected chi connectivity index (χ3v) is 5.21. The zero-order chi connectivity index (χ0) is 18.0. The van der Waals surface area contributed by atoms with Gasteiger partial charge in [-0.1, -0.05) is 43.8 Å². The van der Waals surface area contributed by atoms with Gasteiger partial charge in [0.05, 0.1) is 5.56 Å². The first kappa shape index (κ1) is 17.5. The summed E-state index contributed by atoms with van der Waals surface area (Å²) in [6.45, 7) is 12.1. The van der Waals surface area contributed by atoms with Gasteiger partial charge in [0.15, 0.2) is 0 Å². The van der Waals surface area contributed by atoms with Crippen LogP contribution in [0.1, 0.15) is 44.0 Å². The molecule has 0 saturated heterocycles. The summed E-state index contributed by atoms with van der Waals surface area (Å²) in [5.74, 6) is 1.61. The Morgan fingerprint density at radius 2 is 1.92 bits per heavy atom. The van der Waals surface area contributed by atoms with Crippen LogP contribution in [0.15, 0.2) is 36.9 Å². The maximum Gasteiger partial charge on any atom is 0.140 e. The van der Waals surface area contributed by atoms with Crippen LogP contribution < -0.4 is 4.90 Å². The van der Waals surface area contributed by atoms with E-state index in [2.05, 4.69) is 56.5 Å². The number of aliphatic hydroxyl groups excluding tert-OH is 1. The summed E-state index contributed by atoms with van der Waals surface area (Å²) in [5.41, 5.74) is 5.51. The Bertz CT molecular complexity index is 763. The van der Waals surface area contributed by atoms with Crippen molar-refractivity contribution in [2.75, 3.05) is 18.0 Å². The van der Waals surface area contributed by atoms with E-state index in [9.17, 15) is 5.11 Å². The largest absolute Gasteiger partial charge is 0.508 e. The molecule has 0 spiro atoms. The smallest absolute Gasteiger partial charge is 0.140 e. The molecule has 1 heterocycles. The van der Waals surface area contributed by atoms with Crippen molar-refractivity contribution in [3.8, 4) is 11.1 Å². The molecule has 0 amide bonds. The molecule has 132 valence electrons. The fraction of sp³-hybridized carbons (Fsp3) is 0.409. The second-order valence-electron chi connectivity index (χ2n) is 6.94. The summed E-state index contributed by atoms with van der Waals surface area (Å²) in [4.78, 5) is 7.21. The van der Waals surface area contributed by atoms with Crippen molar-refractivity contribution in [3.63, 3.8) is 0 Å². The van der Waals surface area contributed by atoms with Crippen LogP contribution in [-0.4, -0.2) is 23.2 Å². The van der Waals surface area contributed by atoms with Crippen molar-refractivity contribution >= 4 is 11.6 Å². The molecule has 1 aromatic carbocycles. The van der Waals surface area contributed by atoms with Gasteiger partial charge in [0.2, 0.25) is 0 Å². The second-order valence-corrected chi connectivity index (χ2v) is 6.94. The lowest BCUT2D eigenvalue weighted by Gasteiger charge is -2.30. The van der Waals surface area contributed by atoms with Gasteiger partial charge in [0.1, 0.15) is 11.6 Å². The minimum atomic E-state index is 0.106. The number of pyridine rings is 1. The zero-order valence-electron chi connectivity index (χ0n) is 15.5. The van der Waals surface area contributed by atoms with Gasteiger partial charge in [-0.15, -0.1) is 0 Å². The molecule has 3 heteroatoms. The molecular weight excluding hydrogens is 308 g/mol. The second kappa shape index (κ2) is 7.30. The molecule has 1 aliphatic rings. The van der Waals surface area contributed by atoms with Crippen molar-refractivity contribution in [2.45, 2.75) is 40.0 Å². The first-order valence-corrected chi connectivity index (χ1v) is 9.31. The van der Waals surface area contributed by atoms with Gasteiger partial charge in [-0.25, -0.2) is 4.98 Å². The lowest BCUT2D eigenvalue weighted by Crippen LogP contribution is -2.27. The number of hydrogen-bond acceptors (Lipinski definition) is 3. The molecule has 2 aromatic rings. The molecule has 0 bridgehead atoms. The van der Waals surface area contributed by atoms with E-state index in [0.29, 0.717) is 5.92 Å². The molecule has 0 saturated carbocycles. The Morgan fingerprint density at radius 3 is 2.52 bits per heavy atom. The van der Waals surface area contributed by atoms with Crippen molar-refractivity contribution in [2.24, 2.45) is 5.92 Å². The van der Waals surface area contributed by atoms with Crippen LogP contribution in [0.2, 0.25) is 0 Å². The highest BCUT2D eigenvalue weighted by Gasteiger charge is 2.27. The van der Waals surface area contributed by atoms with Crippen LogP contribution in [0.3, 0.4) is 0 Å². The van der Waals surface area contributed by atoms with E-state index >= 15 is 0 Å². The van der Waals surface area contributed by atoms with Crippen LogP contribution in [-0.2, 0) is 12.8 Å².